The van der Waals surface area contributed by atoms with Gasteiger partial charge in [-0.05, 0) is 19.3 Å². The molecule has 0 heterocycles. The zero-order valence-electron chi connectivity index (χ0n) is 6.81. The van der Waals surface area contributed by atoms with Crippen molar-refractivity contribution < 1.29 is 9.84 Å². The first kappa shape index (κ1) is 9.92. The average Bonchev–Trinajstić information content (AvgIpc) is 1.97. The van der Waals surface area contributed by atoms with Gasteiger partial charge in [-0.15, -0.1) is 0 Å². The molecule has 0 atom stereocenters. The number of hydrogen-bond acceptors (Lipinski definition) is 2. The largest absolute Gasteiger partial charge is 0.396 e. The lowest BCUT2D eigenvalue weighted by molar-refractivity contribution is 0.122. The summed E-state index contributed by atoms with van der Waals surface area (Å²) in [6, 6.07) is 0. The Kier molecular flexibility index (Phi) is 8.85. The molecule has 0 radical (unpaired) electrons. The van der Waals surface area contributed by atoms with E-state index >= 15 is 0 Å². The SMILES string of the molecule is CCCCOCCCCO. The summed E-state index contributed by atoms with van der Waals surface area (Å²) >= 11 is 0. The minimum absolute atomic E-state index is 0.289. The van der Waals surface area contributed by atoms with Gasteiger partial charge >= 0.3 is 0 Å². The monoisotopic (exact) mass is 146 g/mol. The molecule has 0 amide bonds. The summed E-state index contributed by atoms with van der Waals surface area (Å²) in [6.07, 6.45) is 4.20. The Balaban J connectivity index is 2.65. The number of hydrogen-bond donors (Lipinski definition) is 1. The van der Waals surface area contributed by atoms with Crippen molar-refractivity contribution in [3.63, 3.8) is 0 Å². The second-order valence-corrected chi connectivity index (χ2v) is 2.40. The fraction of sp³-hybridized carbons (Fsp3) is 1.00. The van der Waals surface area contributed by atoms with E-state index < -0.39 is 0 Å². The fourth-order valence-electron chi connectivity index (χ4n) is 0.664. The Morgan fingerprint density at radius 3 is 2.40 bits per heavy atom. The standard InChI is InChI=1S/C8H18O2/c1-2-3-7-10-8-5-4-6-9/h9H,2-8H2,1H3. The molecule has 0 bridgehead atoms. The molecule has 0 saturated heterocycles. The van der Waals surface area contributed by atoms with E-state index in [0.717, 1.165) is 32.5 Å². The predicted molar refractivity (Wildman–Crippen MR) is 42.0 cm³/mol. The van der Waals surface area contributed by atoms with Crippen LogP contribution in [-0.2, 0) is 4.74 Å². The molecule has 10 heavy (non-hydrogen) atoms. The number of ether oxygens (including phenoxy) is 1. The van der Waals surface area contributed by atoms with Crippen LogP contribution >= 0.6 is 0 Å². The summed E-state index contributed by atoms with van der Waals surface area (Å²) in [5.41, 5.74) is 0. The van der Waals surface area contributed by atoms with E-state index in [0.29, 0.717) is 0 Å². The minimum atomic E-state index is 0.289. The van der Waals surface area contributed by atoms with Crippen LogP contribution in [0.4, 0.5) is 0 Å². The molecular weight excluding hydrogens is 128 g/mol. The molecular formula is C8H18O2. The van der Waals surface area contributed by atoms with Crippen LogP contribution in [0.3, 0.4) is 0 Å². The minimum Gasteiger partial charge on any atom is -0.396 e. The molecule has 0 aliphatic carbocycles. The third-order valence-electron chi connectivity index (χ3n) is 1.34. The van der Waals surface area contributed by atoms with Gasteiger partial charge < -0.3 is 9.84 Å². The van der Waals surface area contributed by atoms with Crippen molar-refractivity contribution in [3.05, 3.63) is 0 Å². The Morgan fingerprint density at radius 2 is 1.80 bits per heavy atom. The maximum atomic E-state index is 8.41. The quantitative estimate of drug-likeness (QED) is 0.552. The molecule has 1 N–H and O–H groups in total. The van der Waals surface area contributed by atoms with Crippen molar-refractivity contribution >= 4 is 0 Å². The lowest BCUT2D eigenvalue weighted by Crippen LogP contribution is -1.97. The molecule has 0 rings (SSSR count). The van der Waals surface area contributed by atoms with Gasteiger partial charge in [0.05, 0.1) is 0 Å². The third kappa shape index (κ3) is 7.92. The van der Waals surface area contributed by atoms with E-state index in [2.05, 4.69) is 6.92 Å². The van der Waals surface area contributed by atoms with Crippen LogP contribution in [0.2, 0.25) is 0 Å². The topological polar surface area (TPSA) is 29.5 Å². The molecule has 0 aromatic heterocycles. The predicted octanol–water partition coefficient (Wildman–Crippen LogP) is 1.58. The van der Waals surface area contributed by atoms with Crippen molar-refractivity contribution in [1.29, 1.82) is 0 Å². The van der Waals surface area contributed by atoms with Gasteiger partial charge in [-0.2, -0.15) is 0 Å². The summed E-state index contributed by atoms with van der Waals surface area (Å²) in [7, 11) is 0. The summed E-state index contributed by atoms with van der Waals surface area (Å²) in [5.74, 6) is 0. The molecule has 2 nitrogen and oxygen atoms in total. The van der Waals surface area contributed by atoms with Crippen molar-refractivity contribution in [1.82, 2.24) is 0 Å². The zero-order valence-corrected chi connectivity index (χ0v) is 6.81. The molecule has 0 aliphatic heterocycles. The van der Waals surface area contributed by atoms with Crippen LogP contribution in [0.1, 0.15) is 32.6 Å². The summed E-state index contributed by atoms with van der Waals surface area (Å²) in [6.45, 7) is 4.12. The van der Waals surface area contributed by atoms with Gasteiger partial charge in [0.1, 0.15) is 0 Å². The van der Waals surface area contributed by atoms with Crippen molar-refractivity contribution in [2.45, 2.75) is 32.6 Å². The van der Waals surface area contributed by atoms with E-state index in [4.69, 9.17) is 9.84 Å². The van der Waals surface area contributed by atoms with Gasteiger partial charge in [0.2, 0.25) is 0 Å². The molecule has 0 unspecified atom stereocenters. The highest BCUT2D eigenvalue weighted by Crippen LogP contribution is 1.91. The maximum Gasteiger partial charge on any atom is 0.0466 e. The molecule has 0 spiro atoms. The molecule has 2 heteroatoms. The summed E-state index contributed by atoms with van der Waals surface area (Å²) in [5, 5.41) is 8.41. The first-order valence-electron chi connectivity index (χ1n) is 4.10. The number of rotatable bonds is 7. The molecule has 0 aromatic carbocycles. The van der Waals surface area contributed by atoms with Crippen LogP contribution in [0.25, 0.3) is 0 Å². The van der Waals surface area contributed by atoms with E-state index in [1.54, 1.807) is 0 Å². The van der Waals surface area contributed by atoms with Crippen LogP contribution in [0.5, 0.6) is 0 Å². The van der Waals surface area contributed by atoms with Crippen LogP contribution in [0.15, 0.2) is 0 Å². The van der Waals surface area contributed by atoms with Gasteiger partial charge in [-0.1, -0.05) is 13.3 Å². The summed E-state index contributed by atoms with van der Waals surface area (Å²) < 4.78 is 5.26. The second kappa shape index (κ2) is 8.92. The smallest absolute Gasteiger partial charge is 0.0466 e. The maximum absolute atomic E-state index is 8.41. The van der Waals surface area contributed by atoms with Crippen molar-refractivity contribution in [3.8, 4) is 0 Å². The first-order valence-corrected chi connectivity index (χ1v) is 4.10. The van der Waals surface area contributed by atoms with Crippen LogP contribution < -0.4 is 0 Å². The molecule has 0 saturated carbocycles. The van der Waals surface area contributed by atoms with E-state index in [1.165, 1.54) is 6.42 Å². The Bertz CT molecular complexity index is 47.2. The summed E-state index contributed by atoms with van der Waals surface area (Å²) in [4.78, 5) is 0. The lowest BCUT2D eigenvalue weighted by Gasteiger charge is -2.00. The molecule has 0 aromatic rings. The number of aliphatic hydroxyl groups is 1. The molecule has 62 valence electrons. The third-order valence-corrected chi connectivity index (χ3v) is 1.34. The van der Waals surface area contributed by atoms with E-state index in [9.17, 15) is 0 Å². The van der Waals surface area contributed by atoms with Crippen LogP contribution in [-0.4, -0.2) is 24.9 Å². The highest BCUT2D eigenvalue weighted by atomic mass is 16.5. The highest BCUT2D eigenvalue weighted by molar-refractivity contribution is 4.36. The van der Waals surface area contributed by atoms with E-state index in [1.807, 2.05) is 0 Å². The number of unbranched alkanes of at least 4 members (excludes halogenated alkanes) is 2. The highest BCUT2D eigenvalue weighted by Gasteiger charge is 1.87. The normalized spacial score (nSPS) is 10.2. The van der Waals surface area contributed by atoms with E-state index in [-0.39, 0.29) is 6.61 Å². The Hall–Kier alpha value is -0.0800. The average molecular weight is 146 g/mol. The van der Waals surface area contributed by atoms with Gasteiger partial charge in [0, 0.05) is 19.8 Å². The van der Waals surface area contributed by atoms with Gasteiger partial charge in [0.15, 0.2) is 0 Å². The van der Waals surface area contributed by atoms with Gasteiger partial charge in [-0.3, -0.25) is 0 Å². The first-order chi connectivity index (χ1) is 4.91. The van der Waals surface area contributed by atoms with Gasteiger partial charge in [0.25, 0.3) is 0 Å². The zero-order chi connectivity index (χ0) is 7.66. The Labute approximate surface area is 63.2 Å². The fourth-order valence-corrected chi connectivity index (χ4v) is 0.664. The van der Waals surface area contributed by atoms with Crippen LogP contribution in [0, 0.1) is 0 Å². The van der Waals surface area contributed by atoms with Crippen molar-refractivity contribution in [2.75, 3.05) is 19.8 Å². The lowest BCUT2D eigenvalue weighted by atomic mass is 10.3. The van der Waals surface area contributed by atoms with Gasteiger partial charge in [-0.25, -0.2) is 0 Å². The Morgan fingerprint density at radius 1 is 1.10 bits per heavy atom. The van der Waals surface area contributed by atoms with Crippen molar-refractivity contribution in [2.24, 2.45) is 0 Å². The number of aliphatic hydroxyl groups excluding tert-OH is 1. The molecule has 0 fully saturated rings. The second-order valence-electron chi connectivity index (χ2n) is 2.40. The molecule has 0 aliphatic rings.